The molecule has 0 amide bonds. The van der Waals surface area contributed by atoms with Crippen LogP contribution in [0.3, 0.4) is 0 Å². The number of thiocarbonyl (C=S) groups is 1. The highest BCUT2D eigenvalue weighted by Gasteiger charge is 2.13. The van der Waals surface area contributed by atoms with Crippen LogP contribution < -0.4 is 10.7 Å². The first-order valence-corrected chi connectivity index (χ1v) is 6.64. The lowest BCUT2D eigenvalue weighted by Gasteiger charge is -2.22. The quantitative estimate of drug-likeness (QED) is 0.504. The molecule has 0 fully saturated rings. The average molecular weight is 288 g/mol. The molecular formula is C14H16N4OS. The third-order valence-corrected chi connectivity index (χ3v) is 2.98. The van der Waals surface area contributed by atoms with Crippen LogP contribution in [0.5, 0.6) is 0 Å². The molecule has 1 aromatic rings. The molecule has 104 valence electrons. The zero-order valence-corrected chi connectivity index (χ0v) is 12.0. The number of carbonyl (C=O) groups excluding carboxylic acids is 1. The van der Waals surface area contributed by atoms with Crippen molar-refractivity contribution in [2.24, 2.45) is 5.10 Å². The van der Waals surface area contributed by atoms with E-state index in [4.69, 9.17) is 12.2 Å². The van der Waals surface area contributed by atoms with E-state index in [0.717, 1.165) is 11.4 Å². The number of nitrogens with zero attached hydrogens (tertiary/aromatic N) is 2. The second-order valence-corrected chi connectivity index (χ2v) is 4.83. The van der Waals surface area contributed by atoms with Crippen molar-refractivity contribution in [3.63, 3.8) is 0 Å². The summed E-state index contributed by atoms with van der Waals surface area (Å²) in [4.78, 5) is 13.1. The van der Waals surface area contributed by atoms with E-state index in [2.05, 4.69) is 15.8 Å². The molecule has 1 aliphatic heterocycles. The topological polar surface area (TPSA) is 56.7 Å². The van der Waals surface area contributed by atoms with Crippen molar-refractivity contribution in [2.75, 3.05) is 18.9 Å². The van der Waals surface area contributed by atoms with E-state index in [9.17, 15) is 4.79 Å². The van der Waals surface area contributed by atoms with Gasteiger partial charge in [-0.2, -0.15) is 5.10 Å². The number of ketones is 1. The standard InChI is InChI=1S/C14H16N4OS/c1-18-10-13(19)8-7-12(18)9-15-17-14(20)16-11-5-3-2-4-6-11/h2-7,9H,8,10H2,1H3,(H2,16,17,20). The fraction of sp³-hybridized carbons (Fsp3) is 0.214. The third kappa shape index (κ3) is 4.17. The highest BCUT2D eigenvalue weighted by molar-refractivity contribution is 7.80. The minimum atomic E-state index is 0.207. The summed E-state index contributed by atoms with van der Waals surface area (Å²) in [7, 11) is 1.86. The number of Topliss-reactive ketones (excluding diaryl/α,β-unsaturated/α-hetero) is 1. The van der Waals surface area contributed by atoms with Crippen LogP contribution in [-0.2, 0) is 4.79 Å². The lowest BCUT2D eigenvalue weighted by Crippen LogP contribution is -2.30. The summed E-state index contributed by atoms with van der Waals surface area (Å²) >= 11 is 5.13. The predicted octanol–water partition coefficient (Wildman–Crippen LogP) is 1.75. The van der Waals surface area contributed by atoms with Crippen LogP contribution in [0, 0.1) is 0 Å². The number of hydrogen-bond donors (Lipinski definition) is 2. The number of anilines is 1. The summed E-state index contributed by atoms with van der Waals surface area (Å²) in [5.41, 5.74) is 4.55. The van der Waals surface area contributed by atoms with E-state index in [-0.39, 0.29) is 5.78 Å². The molecule has 2 N–H and O–H groups in total. The lowest BCUT2D eigenvalue weighted by atomic mass is 10.1. The molecule has 0 atom stereocenters. The third-order valence-electron chi connectivity index (χ3n) is 2.79. The maximum absolute atomic E-state index is 11.2. The summed E-state index contributed by atoms with van der Waals surface area (Å²) < 4.78 is 0. The molecule has 5 nitrogen and oxygen atoms in total. The summed E-state index contributed by atoms with van der Waals surface area (Å²) in [6.07, 6.45) is 3.97. The number of hydrazone groups is 1. The number of nitrogens with one attached hydrogen (secondary N) is 2. The van der Waals surface area contributed by atoms with Gasteiger partial charge in [-0.1, -0.05) is 24.3 Å². The molecule has 1 aliphatic rings. The summed E-state index contributed by atoms with van der Waals surface area (Å²) in [6.45, 7) is 0.421. The van der Waals surface area contributed by atoms with Gasteiger partial charge in [0.05, 0.1) is 18.5 Å². The number of likely N-dealkylation sites (N-methyl/N-ethyl adjacent to an activating group) is 1. The van der Waals surface area contributed by atoms with Crippen LogP contribution >= 0.6 is 12.2 Å². The molecule has 0 aromatic heterocycles. The van der Waals surface area contributed by atoms with Crippen molar-refractivity contribution in [1.29, 1.82) is 0 Å². The summed E-state index contributed by atoms with van der Waals surface area (Å²) in [5.74, 6) is 0.207. The minimum Gasteiger partial charge on any atom is -0.366 e. The van der Waals surface area contributed by atoms with E-state index in [1.54, 1.807) is 6.21 Å². The first kappa shape index (κ1) is 14.2. The van der Waals surface area contributed by atoms with Gasteiger partial charge in [0, 0.05) is 19.2 Å². The Bertz CT molecular complexity index is 554. The van der Waals surface area contributed by atoms with E-state index in [0.29, 0.717) is 18.1 Å². The Morgan fingerprint density at radius 3 is 2.85 bits per heavy atom. The zero-order chi connectivity index (χ0) is 14.4. The molecule has 20 heavy (non-hydrogen) atoms. The molecule has 0 bridgehead atoms. The Labute approximate surface area is 123 Å². The predicted molar refractivity (Wildman–Crippen MR) is 84.6 cm³/mol. The Balaban J connectivity index is 1.84. The van der Waals surface area contributed by atoms with Crippen LogP contribution in [0.4, 0.5) is 5.69 Å². The van der Waals surface area contributed by atoms with Crippen molar-refractivity contribution < 1.29 is 4.79 Å². The molecule has 0 unspecified atom stereocenters. The van der Waals surface area contributed by atoms with Gasteiger partial charge in [0.25, 0.3) is 0 Å². The van der Waals surface area contributed by atoms with Crippen LogP contribution in [0.25, 0.3) is 0 Å². The Morgan fingerprint density at radius 1 is 1.40 bits per heavy atom. The number of para-hydroxylation sites is 1. The molecular weight excluding hydrogens is 272 g/mol. The van der Waals surface area contributed by atoms with Gasteiger partial charge in [0.2, 0.25) is 0 Å². The second kappa shape index (κ2) is 6.81. The van der Waals surface area contributed by atoms with Gasteiger partial charge in [-0.3, -0.25) is 10.2 Å². The number of allylic oxidation sites excluding steroid dienone is 2. The summed E-state index contributed by atoms with van der Waals surface area (Å²) in [6, 6.07) is 9.62. The van der Waals surface area contributed by atoms with Gasteiger partial charge in [0.1, 0.15) is 0 Å². The van der Waals surface area contributed by atoms with Crippen LogP contribution in [0.1, 0.15) is 6.42 Å². The first-order chi connectivity index (χ1) is 9.65. The largest absolute Gasteiger partial charge is 0.366 e. The van der Waals surface area contributed by atoms with Crippen molar-refractivity contribution in [1.82, 2.24) is 10.3 Å². The van der Waals surface area contributed by atoms with Crippen LogP contribution in [0.15, 0.2) is 47.2 Å². The number of hydrogen-bond acceptors (Lipinski definition) is 4. The normalized spacial score (nSPS) is 15.2. The van der Waals surface area contributed by atoms with E-state index in [1.165, 1.54) is 0 Å². The maximum Gasteiger partial charge on any atom is 0.191 e. The molecule has 0 spiro atoms. The first-order valence-electron chi connectivity index (χ1n) is 6.23. The molecule has 0 radical (unpaired) electrons. The van der Waals surface area contributed by atoms with Crippen LogP contribution in [0.2, 0.25) is 0 Å². The number of benzene rings is 1. The van der Waals surface area contributed by atoms with Gasteiger partial charge in [0.15, 0.2) is 10.9 Å². The molecule has 0 aliphatic carbocycles. The van der Waals surface area contributed by atoms with E-state index < -0.39 is 0 Å². The SMILES string of the molecule is CN1CC(=O)CC=C1C=NNC(=S)Nc1ccccc1. The van der Waals surface area contributed by atoms with Gasteiger partial charge < -0.3 is 10.2 Å². The summed E-state index contributed by atoms with van der Waals surface area (Å²) in [5, 5.41) is 7.50. The van der Waals surface area contributed by atoms with Crippen molar-refractivity contribution in [2.45, 2.75) is 6.42 Å². The van der Waals surface area contributed by atoms with Crippen molar-refractivity contribution >= 4 is 35.0 Å². The van der Waals surface area contributed by atoms with Crippen molar-refractivity contribution in [3.05, 3.63) is 42.1 Å². The van der Waals surface area contributed by atoms with Gasteiger partial charge in [-0.15, -0.1) is 0 Å². The zero-order valence-electron chi connectivity index (χ0n) is 11.2. The lowest BCUT2D eigenvalue weighted by molar-refractivity contribution is -0.119. The Morgan fingerprint density at radius 2 is 2.15 bits per heavy atom. The fourth-order valence-electron chi connectivity index (χ4n) is 1.78. The Hall–Kier alpha value is -2.21. The monoisotopic (exact) mass is 288 g/mol. The second-order valence-electron chi connectivity index (χ2n) is 4.42. The van der Waals surface area contributed by atoms with Gasteiger partial charge in [-0.05, 0) is 24.4 Å². The maximum atomic E-state index is 11.2. The molecule has 0 saturated carbocycles. The number of carbonyl (C=O) groups is 1. The molecule has 2 rings (SSSR count). The van der Waals surface area contributed by atoms with E-state index >= 15 is 0 Å². The van der Waals surface area contributed by atoms with Gasteiger partial charge in [-0.25, -0.2) is 0 Å². The minimum absolute atomic E-state index is 0.207. The highest BCUT2D eigenvalue weighted by atomic mass is 32.1. The number of rotatable bonds is 3. The molecule has 6 heteroatoms. The molecule has 0 saturated heterocycles. The van der Waals surface area contributed by atoms with Crippen molar-refractivity contribution in [3.8, 4) is 0 Å². The molecule has 1 aromatic carbocycles. The van der Waals surface area contributed by atoms with E-state index in [1.807, 2.05) is 48.4 Å². The highest BCUT2D eigenvalue weighted by Crippen LogP contribution is 2.08. The molecule has 1 heterocycles. The fourth-order valence-corrected chi connectivity index (χ4v) is 1.95. The van der Waals surface area contributed by atoms with Gasteiger partial charge >= 0.3 is 0 Å². The average Bonchev–Trinajstić information content (AvgIpc) is 2.42. The van der Waals surface area contributed by atoms with Crippen LogP contribution in [-0.4, -0.2) is 35.6 Å². The smallest absolute Gasteiger partial charge is 0.191 e. The Kier molecular flexibility index (Phi) is 4.84.